The number of piperazine rings is 1. The Hall–Kier alpha value is -2.10. The lowest BCUT2D eigenvalue weighted by molar-refractivity contribution is -0.137. The fourth-order valence-corrected chi connectivity index (χ4v) is 2.97. The molecule has 1 aromatic rings. The summed E-state index contributed by atoms with van der Waals surface area (Å²) in [5, 5.41) is 2.86. The van der Waals surface area contributed by atoms with Gasteiger partial charge in [0.1, 0.15) is 0 Å². The van der Waals surface area contributed by atoms with E-state index in [0.29, 0.717) is 39.3 Å². The summed E-state index contributed by atoms with van der Waals surface area (Å²) >= 11 is 5.93. The van der Waals surface area contributed by atoms with E-state index in [1.807, 2.05) is 4.90 Å². The SMILES string of the molecule is COCCNC(=O)CN1CCN(C(=O)/C=C/c2cc(C(F)(F)F)ccc2Cl)CC1. The molecule has 0 aliphatic carbocycles. The topological polar surface area (TPSA) is 61.9 Å². The van der Waals surface area contributed by atoms with Crippen LogP contribution >= 0.6 is 11.6 Å². The second kappa shape index (κ2) is 10.6. The van der Waals surface area contributed by atoms with Crippen LogP contribution < -0.4 is 5.32 Å². The Morgan fingerprint density at radius 2 is 1.93 bits per heavy atom. The molecule has 2 amide bonds. The third-order valence-corrected chi connectivity index (χ3v) is 4.75. The fraction of sp³-hybridized carbons (Fsp3) is 0.474. The molecule has 0 aromatic heterocycles. The van der Waals surface area contributed by atoms with Crippen LogP contribution in [0.2, 0.25) is 5.02 Å². The van der Waals surface area contributed by atoms with Crippen LogP contribution in [0.4, 0.5) is 13.2 Å². The molecule has 6 nitrogen and oxygen atoms in total. The summed E-state index contributed by atoms with van der Waals surface area (Å²) in [6, 6.07) is 2.96. The molecule has 10 heteroatoms. The predicted octanol–water partition coefficient (Wildman–Crippen LogP) is 2.28. The van der Waals surface area contributed by atoms with E-state index < -0.39 is 11.7 Å². The van der Waals surface area contributed by atoms with Crippen LogP contribution in [0.15, 0.2) is 24.3 Å². The number of nitrogens with zero attached hydrogens (tertiary/aromatic N) is 2. The zero-order valence-corrected chi connectivity index (χ0v) is 16.7. The van der Waals surface area contributed by atoms with Crippen molar-refractivity contribution in [1.29, 1.82) is 0 Å². The van der Waals surface area contributed by atoms with Gasteiger partial charge in [-0.15, -0.1) is 0 Å². The third kappa shape index (κ3) is 7.34. The van der Waals surface area contributed by atoms with Gasteiger partial charge in [0.2, 0.25) is 11.8 Å². The van der Waals surface area contributed by atoms with Gasteiger partial charge in [-0.1, -0.05) is 11.6 Å². The Bertz CT molecular complexity index is 748. The first-order valence-corrected chi connectivity index (χ1v) is 9.40. The van der Waals surface area contributed by atoms with Gasteiger partial charge in [-0.2, -0.15) is 13.2 Å². The summed E-state index contributed by atoms with van der Waals surface area (Å²) < 4.78 is 43.3. The van der Waals surface area contributed by atoms with Crippen molar-refractivity contribution >= 4 is 29.5 Å². The van der Waals surface area contributed by atoms with E-state index in [4.69, 9.17) is 16.3 Å². The Morgan fingerprint density at radius 1 is 1.24 bits per heavy atom. The van der Waals surface area contributed by atoms with Crippen LogP contribution in [0.25, 0.3) is 6.08 Å². The lowest BCUT2D eigenvalue weighted by Crippen LogP contribution is -2.51. The number of hydrogen-bond acceptors (Lipinski definition) is 4. The number of halogens is 4. The Labute approximate surface area is 172 Å². The van der Waals surface area contributed by atoms with E-state index in [-0.39, 0.29) is 28.9 Å². The molecule has 1 heterocycles. The van der Waals surface area contributed by atoms with Gasteiger partial charge < -0.3 is 15.0 Å². The lowest BCUT2D eigenvalue weighted by atomic mass is 10.1. The molecule has 29 heavy (non-hydrogen) atoms. The highest BCUT2D eigenvalue weighted by Gasteiger charge is 2.30. The summed E-state index contributed by atoms with van der Waals surface area (Å²) in [6.07, 6.45) is -1.98. The molecular formula is C19H23ClF3N3O3. The molecule has 1 aliphatic rings. The maximum atomic E-state index is 12.8. The quantitative estimate of drug-likeness (QED) is 0.529. The Morgan fingerprint density at radius 3 is 2.55 bits per heavy atom. The highest BCUT2D eigenvalue weighted by atomic mass is 35.5. The van der Waals surface area contributed by atoms with Crippen molar-refractivity contribution < 1.29 is 27.5 Å². The van der Waals surface area contributed by atoms with Crippen LogP contribution in [-0.2, 0) is 20.5 Å². The van der Waals surface area contributed by atoms with Gasteiger partial charge >= 0.3 is 6.18 Å². The molecule has 0 spiro atoms. The van der Waals surface area contributed by atoms with Crippen LogP contribution in [-0.4, -0.2) is 74.6 Å². The third-order valence-electron chi connectivity index (χ3n) is 4.41. The summed E-state index contributed by atoms with van der Waals surface area (Å²) in [7, 11) is 1.55. The first-order chi connectivity index (χ1) is 13.7. The molecule has 0 atom stereocenters. The molecule has 1 aromatic carbocycles. The highest BCUT2D eigenvalue weighted by molar-refractivity contribution is 6.32. The first kappa shape index (κ1) is 23.2. The molecular weight excluding hydrogens is 411 g/mol. The average Bonchev–Trinajstić information content (AvgIpc) is 2.67. The molecule has 2 rings (SSSR count). The highest BCUT2D eigenvalue weighted by Crippen LogP contribution is 2.32. The molecule has 0 saturated carbocycles. The molecule has 0 bridgehead atoms. The number of rotatable bonds is 7. The van der Waals surface area contributed by atoms with Gasteiger partial charge in [0.25, 0.3) is 0 Å². The summed E-state index contributed by atoms with van der Waals surface area (Å²) in [4.78, 5) is 27.6. The van der Waals surface area contributed by atoms with E-state index >= 15 is 0 Å². The molecule has 1 saturated heterocycles. The van der Waals surface area contributed by atoms with Gasteiger partial charge in [-0.25, -0.2) is 0 Å². The van der Waals surface area contributed by atoms with Gasteiger partial charge in [0.15, 0.2) is 0 Å². The second-order valence-corrected chi connectivity index (χ2v) is 6.92. The summed E-state index contributed by atoms with van der Waals surface area (Å²) in [6.45, 7) is 3.02. The van der Waals surface area contributed by atoms with Crippen LogP contribution in [0.1, 0.15) is 11.1 Å². The average molecular weight is 434 g/mol. The number of methoxy groups -OCH3 is 1. The van der Waals surface area contributed by atoms with Crippen molar-refractivity contribution in [2.24, 2.45) is 0 Å². The monoisotopic (exact) mass is 433 g/mol. The molecule has 160 valence electrons. The number of amides is 2. The van der Waals surface area contributed by atoms with Crippen molar-refractivity contribution in [3.63, 3.8) is 0 Å². The van der Waals surface area contributed by atoms with E-state index in [2.05, 4.69) is 5.32 Å². The lowest BCUT2D eigenvalue weighted by Gasteiger charge is -2.33. The number of ether oxygens (including phenoxy) is 1. The van der Waals surface area contributed by atoms with Gasteiger partial charge in [0.05, 0.1) is 18.7 Å². The Kier molecular flexibility index (Phi) is 8.48. The maximum absolute atomic E-state index is 12.8. The number of nitrogens with one attached hydrogen (secondary N) is 1. The van der Waals surface area contributed by atoms with E-state index in [1.165, 1.54) is 12.2 Å². The van der Waals surface area contributed by atoms with Crippen molar-refractivity contribution in [2.45, 2.75) is 6.18 Å². The van der Waals surface area contributed by atoms with Crippen molar-refractivity contribution in [3.8, 4) is 0 Å². The van der Waals surface area contributed by atoms with Crippen molar-refractivity contribution in [3.05, 3.63) is 40.4 Å². The number of carbonyl (C=O) groups is 2. The largest absolute Gasteiger partial charge is 0.416 e. The minimum absolute atomic E-state index is 0.110. The van der Waals surface area contributed by atoms with Gasteiger partial charge in [-0.05, 0) is 29.8 Å². The molecule has 0 unspecified atom stereocenters. The van der Waals surface area contributed by atoms with E-state index in [1.54, 1.807) is 12.0 Å². The van der Waals surface area contributed by atoms with Crippen LogP contribution in [0.5, 0.6) is 0 Å². The molecule has 1 fully saturated rings. The van der Waals surface area contributed by atoms with E-state index in [0.717, 1.165) is 18.2 Å². The first-order valence-electron chi connectivity index (χ1n) is 9.02. The standard InChI is InChI=1S/C19H23ClF3N3O3/c1-29-11-6-24-17(27)13-25-7-9-26(10-8-25)18(28)5-2-14-12-15(19(21,22)23)3-4-16(14)20/h2-5,12H,6-11,13H2,1H3,(H,24,27)/b5-2+. The summed E-state index contributed by atoms with van der Waals surface area (Å²) in [5.74, 6) is -0.427. The fourth-order valence-electron chi connectivity index (χ4n) is 2.79. The van der Waals surface area contributed by atoms with Crippen LogP contribution in [0, 0.1) is 0 Å². The number of benzene rings is 1. The maximum Gasteiger partial charge on any atom is 0.416 e. The van der Waals surface area contributed by atoms with Crippen molar-refractivity contribution in [1.82, 2.24) is 15.1 Å². The molecule has 0 radical (unpaired) electrons. The molecule has 1 aliphatic heterocycles. The zero-order valence-electron chi connectivity index (χ0n) is 16.0. The molecule has 1 N–H and O–H groups in total. The summed E-state index contributed by atoms with van der Waals surface area (Å²) in [5.41, 5.74) is -0.701. The van der Waals surface area contributed by atoms with Gasteiger partial charge in [0, 0.05) is 50.9 Å². The normalized spacial score (nSPS) is 15.7. The second-order valence-electron chi connectivity index (χ2n) is 6.51. The number of alkyl halides is 3. The van der Waals surface area contributed by atoms with Gasteiger partial charge in [-0.3, -0.25) is 14.5 Å². The smallest absolute Gasteiger partial charge is 0.383 e. The minimum atomic E-state index is -4.48. The van der Waals surface area contributed by atoms with E-state index in [9.17, 15) is 22.8 Å². The van der Waals surface area contributed by atoms with Crippen LogP contribution in [0.3, 0.4) is 0 Å². The van der Waals surface area contributed by atoms with Crippen molar-refractivity contribution in [2.75, 3.05) is 53.0 Å². The number of hydrogen-bond donors (Lipinski definition) is 1. The number of carbonyl (C=O) groups excluding carboxylic acids is 2. The Balaban J connectivity index is 1.86. The zero-order chi connectivity index (χ0) is 21.4. The minimum Gasteiger partial charge on any atom is -0.383 e. The predicted molar refractivity (Wildman–Crippen MR) is 103 cm³/mol.